The molecule has 0 aliphatic carbocycles. The van der Waals surface area contributed by atoms with Gasteiger partial charge in [-0.2, -0.15) is 0 Å². The zero-order chi connectivity index (χ0) is 7.98. The van der Waals surface area contributed by atoms with Gasteiger partial charge in [-0.3, -0.25) is 4.99 Å². The first-order valence-corrected chi connectivity index (χ1v) is 3.51. The topological polar surface area (TPSA) is 12.4 Å². The van der Waals surface area contributed by atoms with E-state index in [0.29, 0.717) is 0 Å². The van der Waals surface area contributed by atoms with Crippen molar-refractivity contribution in [3.63, 3.8) is 0 Å². The monoisotopic (exact) mass is 137 g/mol. The molecule has 0 aromatic carbocycles. The second-order valence-corrected chi connectivity index (χ2v) is 2.33. The summed E-state index contributed by atoms with van der Waals surface area (Å²) in [7, 11) is 0. The standard InChI is InChI=1S/C9H15N/c1-5-8(2)6-7-9(3)10-4/h6-7H,4-5H2,1-3H3/b8-6-,9-7-. The highest BCUT2D eigenvalue weighted by molar-refractivity contribution is 5.29. The summed E-state index contributed by atoms with van der Waals surface area (Å²) in [5.74, 6) is 0. The Hall–Kier alpha value is -0.850. The fourth-order valence-corrected chi connectivity index (χ4v) is 0.433. The van der Waals surface area contributed by atoms with E-state index in [4.69, 9.17) is 0 Å². The molecular weight excluding hydrogens is 122 g/mol. The molecule has 0 bridgehead atoms. The summed E-state index contributed by atoms with van der Waals surface area (Å²) in [6.45, 7) is 9.59. The van der Waals surface area contributed by atoms with Crippen molar-refractivity contribution < 1.29 is 0 Å². The van der Waals surface area contributed by atoms with Crippen LogP contribution in [0.5, 0.6) is 0 Å². The molecular formula is C9H15N. The average molecular weight is 137 g/mol. The van der Waals surface area contributed by atoms with E-state index in [0.717, 1.165) is 12.1 Å². The summed E-state index contributed by atoms with van der Waals surface area (Å²) < 4.78 is 0. The van der Waals surface area contributed by atoms with Gasteiger partial charge in [-0.05, 0) is 33.1 Å². The van der Waals surface area contributed by atoms with Crippen LogP contribution < -0.4 is 0 Å². The van der Waals surface area contributed by atoms with Crippen LogP contribution in [-0.2, 0) is 0 Å². The maximum Gasteiger partial charge on any atom is 0.0365 e. The van der Waals surface area contributed by atoms with Crippen molar-refractivity contribution in [2.24, 2.45) is 4.99 Å². The number of allylic oxidation sites excluding steroid dienone is 4. The van der Waals surface area contributed by atoms with E-state index in [1.165, 1.54) is 5.57 Å². The van der Waals surface area contributed by atoms with Crippen LogP contribution in [0, 0.1) is 0 Å². The van der Waals surface area contributed by atoms with Gasteiger partial charge < -0.3 is 0 Å². The Bertz CT molecular complexity index is 164. The molecule has 0 aromatic rings. The summed E-state index contributed by atoms with van der Waals surface area (Å²) in [5, 5.41) is 0. The van der Waals surface area contributed by atoms with Crippen LogP contribution in [0.15, 0.2) is 28.4 Å². The highest BCUT2D eigenvalue weighted by atomic mass is 14.7. The zero-order valence-electron chi connectivity index (χ0n) is 7.02. The second-order valence-electron chi connectivity index (χ2n) is 2.33. The molecule has 0 saturated heterocycles. The van der Waals surface area contributed by atoms with Crippen LogP contribution in [0.3, 0.4) is 0 Å². The summed E-state index contributed by atoms with van der Waals surface area (Å²) in [6, 6.07) is 0. The summed E-state index contributed by atoms with van der Waals surface area (Å²) in [5.41, 5.74) is 2.33. The Morgan fingerprint density at radius 3 is 2.40 bits per heavy atom. The molecule has 0 amide bonds. The van der Waals surface area contributed by atoms with E-state index in [1.807, 2.05) is 13.0 Å². The predicted molar refractivity (Wildman–Crippen MR) is 47.4 cm³/mol. The predicted octanol–water partition coefficient (Wildman–Crippen LogP) is 2.95. The molecule has 0 aliphatic rings. The fraction of sp³-hybridized carbons (Fsp3) is 0.444. The first-order valence-electron chi connectivity index (χ1n) is 3.51. The van der Waals surface area contributed by atoms with E-state index < -0.39 is 0 Å². The van der Waals surface area contributed by atoms with Gasteiger partial charge in [0.15, 0.2) is 0 Å². The highest BCUT2D eigenvalue weighted by Gasteiger charge is 1.80. The molecule has 0 aliphatic heterocycles. The van der Waals surface area contributed by atoms with Crippen molar-refractivity contribution in [1.82, 2.24) is 0 Å². The molecule has 56 valence electrons. The van der Waals surface area contributed by atoms with Crippen molar-refractivity contribution in [2.45, 2.75) is 27.2 Å². The molecule has 0 atom stereocenters. The number of nitrogens with zero attached hydrogens (tertiary/aromatic N) is 1. The molecule has 1 nitrogen and oxygen atoms in total. The van der Waals surface area contributed by atoms with E-state index in [1.54, 1.807) is 0 Å². The average Bonchev–Trinajstić information content (AvgIpc) is 1.99. The minimum absolute atomic E-state index is 0.966. The minimum Gasteiger partial charge on any atom is -0.269 e. The van der Waals surface area contributed by atoms with Gasteiger partial charge in [0.25, 0.3) is 0 Å². The number of aliphatic imine (C=N–C) groups is 1. The Balaban J connectivity index is 4.03. The molecule has 0 fully saturated rings. The number of hydrogen-bond acceptors (Lipinski definition) is 1. The SMILES string of the molecule is C=N/C(C)=C\C=C(\C)CC. The van der Waals surface area contributed by atoms with Crippen LogP contribution in [0.2, 0.25) is 0 Å². The lowest BCUT2D eigenvalue weighted by Crippen LogP contribution is -1.70. The smallest absolute Gasteiger partial charge is 0.0365 e. The lowest BCUT2D eigenvalue weighted by Gasteiger charge is -1.90. The highest BCUT2D eigenvalue weighted by Crippen LogP contribution is 2.00. The first kappa shape index (κ1) is 9.15. The lowest BCUT2D eigenvalue weighted by atomic mass is 10.2. The van der Waals surface area contributed by atoms with Crippen LogP contribution >= 0.6 is 0 Å². The van der Waals surface area contributed by atoms with Gasteiger partial charge in [-0.25, -0.2) is 0 Å². The van der Waals surface area contributed by atoms with Crippen molar-refractivity contribution >= 4 is 6.72 Å². The maximum absolute atomic E-state index is 3.76. The van der Waals surface area contributed by atoms with Gasteiger partial charge in [-0.15, -0.1) is 0 Å². The van der Waals surface area contributed by atoms with Crippen LogP contribution in [0.25, 0.3) is 0 Å². The minimum atomic E-state index is 0.966. The van der Waals surface area contributed by atoms with Crippen molar-refractivity contribution in [2.75, 3.05) is 0 Å². The normalized spacial score (nSPS) is 13.5. The largest absolute Gasteiger partial charge is 0.269 e. The molecule has 0 aromatic heterocycles. The molecule has 0 spiro atoms. The van der Waals surface area contributed by atoms with Gasteiger partial charge in [0.2, 0.25) is 0 Å². The number of hydrogen-bond donors (Lipinski definition) is 0. The van der Waals surface area contributed by atoms with Gasteiger partial charge >= 0.3 is 0 Å². The van der Waals surface area contributed by atoms with E-state index >= 15 is 0 Å². The second kappa shape index (κ2) is 4.98. The van der Waals surface area contributed by atoms with Crippen molar-refractivity contribution in [1.29, 1.82) is 0 Å². The molecule has 0 unspecified atom stereocenters. The molecule has 0 N–H and O–H groups in total. The molecule has 0 saturated carbocycles. The van der Waals surface area contributed by atoms with Crippen molar-refractivity contribution in [3.8, 4) is 0 Å². The molecule has 0 rings (SSSR count). The Morgan fingerprint density at radius 1 is 1.40 bits per heavy atom. The van der Waals surface area contributed by atoms with Crippen molar-refractivity contribution in [3.05, 3.63) is 23.4 Å². The zero-order valence-corrected chi connectivity index (χ0v) is 7.02. The van der Waals surface area contributed by atoms with Crippen LogP contribution in [0.1, 0.15) is 27.2 Å². The summed E-state index contributed by atoms with van der Waals surface area (Å²) >= 11 is 0. The number of rotatable bonds is 3. The quantitative estimate of drug-likeness (QED) is 0.419. The maximum atomic E-state index is 3.76. The fourth-order valence-electron chi connectivity index (χ4n) is 0.433. The third kappa shape index (κ3) is 4.07. The first-order chi connectivity index (χ1) is 4.70. The Morgan fingerprint density at radius 2 is 2.00 bits per heavy atom. The molecule has 0 heterocycles. The van der Waals surface area contributed by atoms with Gasteiger partial charge in [0.05, 0.1) is 0 Å². The molecule has 1 heteroatoms. The summed E-state index contributed by atoms with van der Waals surface area (Å²) in [6.07, 6.45) is 5.15. The van der Waals surface area contributed by atoms with Gasteiger partial charge in [0, 0.05) is 5.70 Å². The van der Waals surface area contributed by atoms with Crippen LogP contribution in [-0.4, -0.2) is 6.72 Å². The Labute approximate surface area is 63.2 Å². The van der Waals surface area contributed by atoms with Gasteiger partial charge in [0.1, 0.15) is 0 Å². The third-order valence-corrected chi connectivity index (χ3v) is 1.42. The van der Waals surface area contributed by atoms with E-state index in [2.05, 4.69) is 31.6 Å². The lowest BCUT2D eigenvalue weighted by molar-refractivity contribution is 1.10. The van der Waals surface area contributed by atoms with Crippen LogP contribution in [0.4, 0.5) is 0 Å². The Kier molecular flexibility index (Phi) is 4.55. The van der Waals surface area contributed by atoms with E-state index in [-0.39, 0.29) is 0 Å². The van der Waals surface area contributed by atoms with Gasteiger partial charge in [-0.1, -0.05) is 18.6 Å². The molecule has 10 heavy (non-hydrogen) atoms. The third-order valence-electron chi connectivity index (χ3n) is 1.42. The summed E-state index contributed by atoms with van der Waals surface area (Å²) in [4.78, 5) is 3.76. The van der Waals surface area contributed by atoms with E-state index in [9.17, 15) is 0 Å². The molecule has 0 radical (unpaired) electrons.